The fourth-order valence-electron chi connectivity index (χ4n) is 2.40. The second-order valence-corrected chi connectivity index (χ2v) is 5.90. The molecule has 20 heavy (non-hydrogen) atoms. The molecule has 0 fully saturated rings. The van der Waals surface area contributed by atoms with Crippen LogP contribution in [0.2, 0.25) is 5.02 Å². The Balaban J connectivity index is 2.28. The van der Waals surface area contributed by atoms with Gasteiger partial charge < -0.3 is 5.32 Å². The van der Waals surface area contributed by atoms with Gasteiger partial charge in [0.2, 0.25) is 0 Å². The normalized spacial score (nSPS) is 12.4. The van der Waals surface area contributed by atoms with Crippen LogP contribution in [0.15, 0.2) is 36.4 Å². The monoisotopic (exact) mass is 287 g/mol. The number of benzene rings is 2. The van der Waals surface area contributed by atoms with E-state index < -0.39 is 0 Å². The average Bonchev–Trinajstić information content (AvgIpc) is 2.43. The summed E-state index contributed by atoms with van der Waals surface area (Å²) in [5, 5.41) is 4.23. The van der Waals surface area contributed by atoms with Crippen LogP contribution in [-0.4, -0.2) is 7.05 Å². The average molecular weight is 288 g/mol. The quantitative estimate of drug-likeness (QED) is 0.854. The number of aryl methyl sites for hydroxylation is 3. The van der Waals surface area contributed by atoms with E-state index in [1.807, 2.05) is 7.05 Å². The van der Waals surface area contributed by atoms with Gasteiger partial charge in [0.25, 0.3) is 0 Å². The van der Waals surface area contributed by atoms with Crippen molar-refractivity contribution in [1.82, 2.24) is 5.32 Å². The second-order valence-electron chi connectivity index (χ2n) is 5.49. The van der Waals surface area contributed by atoms with E-state index in [0.717, 1.165) is 11.4 Å². The largest absolute Gasteiger partial charge is 0.313 e. The highest BCUT2D eigenvalue weighted by Gasteiger charge is 2.14. The minimum atomic E-state index is 0.240. The lowest BCUT2D eigenvalue weighted by atomic mass is 9.95. The number of hydrogen-bond donors (Lipinski definition) is 1. The molecule has 1 atom stereocenters. The standard InChI is InChI=1S/C18H22ClN/c1-12-5-7-15(8-6-12)11-18(20-4)16-9-13(2)14(3)10-17(16)19/h5-10,18,20H,11H2,1-4H3. The molecule has 1 N–H and O–H groups in total. The Kier molecular flexibility index (Phi) is 4.85. The summed E-state index contributed by atoms with van der Waals surface area (Å²) in [5.41, 5.74) is 6.32. The maximum atomic E-state index is 6.43. The Morgan fingerprint density at radius 1 is 1.00 bits per heavy atom. The molecule has 2 aromatic rings. The van der Waals surface area contributed by atoms with Crippen LogP contribution in [0.3, 0.4) is 0 Å². The van der Waals surface area contributed by atoms with Crippen LogP contribution in [0.25, 0.3) is 0 Å². The van der Waals surface area contributed by atoms with Gasteiger partial charge in [-0.1, -0.05) is 47.5 Å². The molecule has 0 radical (unpaired) electrons. The number of likely N-dealkylation sites (N-methyl/N-ethyl adjacent to an activating group) is 1. The molecule has 0 aliphatic rings. The van der Waals surface area contributed by atoms with Crippen molar-refractivity contribution in [3.05, 3.63) is 69.2 Å². The Morgan fingerprint density at radius 3 is 2.20 bits per heavy atom. The van der Waals surface area contributed by atoms with Gasteiger partial charge in [-0.2, -0.15) is 0 Å². The van der Waals surface area contributed by atoms with E-state index in [2.05, 4.69) is 62.5 Å². The maximum Gasteiger partial charge on any atom is 0.0456 e. The SMILES string of the molecule is CNC(Cc1ccc(C)cc1)c1cc(C)c(C)cc1Cl. The predicted molar refractivity (Wildman–Crippen MR) is 87.6 cm³/mol. The first-order chi connectivity index (χ1) is 9.51. The smallest absolute Gasteiger partial charge is 0.0456 e. The molecule has 2 heteroatoms. The van der Waals surface area contributed by atoms with Crippen molar-refractivity contribution in [1.29, 1.82) is 0 Å². The van der Waals surface area contributed by atoms with Gasteiger partial charge in [-0.05, 0) is 62.6 Å². The molecular weight excluding hydrogens is 266 g/mol. The summed E-state index contributed by atoms with van der Waals surface area (Å²) in [6.07, 6.45) is 0.943. The highest BCUT2D eigenvalue weighted by molar-refractivity contribution is 6.31. The minimum absolute atomic E-state index is 0.240. The summed E-state index contributed by atoms with van der Waals surface area (Å²) in [6.45, 7) is 6.34. The van der Waals surface area contributed by atoms with Crippen molar-refractivity contribution in [2.45, 2.75) is 33.2 Å². The molecule has 1 unspecified atom stereocenters. The molecule has 0 aliphatic heterocycles. The van der Waals surface area contributed by atoms with E-state index >= 15 is 0 Å². The molecule has 0 spiro atoms. The first kappa shape index (κ1) is 15.1. The Labute approximate surface area is 127 Å². The van der Waals surface area contributed by atoms with Crippen LogP contribution >= 0.6 is 11.6 Å². The van der Waals surface area contributed by atoms with E-state index in [4.69, 9.17) is 11.6 Å². The van der Waals surface area contributed by atoms with Gasteiger partial charge >= 0.3 is 0 Å². The third-order valence-electron chi connectivity index (χ3n) is 3.90. The summed E-state index contributed by atoms with van der Waals surface area (Å²) in [5.74, 6) is 0. The third-order valence-corrected chi connectivity index (χ3v) is 4.22. The molecule has 1 nitrogen and oxygen atoms in total. The molecule has 0 aliphatic carbocycles. The van der Waals surface area contributed by atoms with Crippen molar-refractivity contribution >= 4 is 11.6 Å². The molecular formula is C18H22ClN. The van der Waals surface area contributed by atoms with Crippen LogP contribution in [0.4, 0.5) is 0 Å². The molecule has 2 rings (SSSR count). The Morgan fingerprint density at radius 2 is 1.60 bits per heavy atom. The van der Waals surface area contributed by atoms with Crippen molar-refractivity contribution in [3.63, 3.8) is 0 Å². The first-order valence-electron chi connectivity index (χ1n) is 7.00. The summed E-state index contributed by atoms with van der Waals surface area (Å²) in [6, 6.07) is 13.2. The lowest BCUT2D eigenvalue weighted by Crippen LogP contribution is -2.19. The minimum Gasteiger partial charge on any atom is -0.313 e. The van der Waals surface area contributed by atoms with Gasteiger partial charge in [-0.15, -0.1) is 0 Å². The summed E-state index contributed by atoms with van der Waals surface area (Å²) in [4.78, 5) is 0. The van der Waals surface area contributed by atoms with E-state index in [1.54, 1.807) is 0 Å². The molecule has 0 heterocycles. The van der Waals surface area contributed by atoms with Gasteiger partial charge in [0.15, 0.2) is 0 Å². The van der Waals surface area contributed by atoms with Gasteiger partial charge in [-0.3, -0.25) is 0 Å². The summed E-state index contributed by atoms with van der Waals surface area (Å²) >= 11 is 6.43. The molecule has 0 bridgehead atoms. The van der Waals surface area contributed by atoms with Crippen LogP contribution in [0.1, 0.15) is 33.9 Å². The zero-order valence-electron chi connectivity index (χ0n) is 12.6. The van der Waals surface area contributed by atoms with E-state index in [-0.39, 0.29) is 6.04 Å². The maximum absolute atomic E-state index is 6.43. The van der Waals surface area contributed by atoms with Crippen LogP contribution < -0.4 is 5.32 Å². The zero-order valence-corrected chi connectivity index (χ0v) is 13.4. The molecule has 0 saturated heterocycles. The Bertz CT molecular complexity index is 587. The van der Waals surface area contributed by atoms with Gasteiger partial charge in [0.05, 0.1) is 0 Å². The zero-order chi connectivity index (χ0) is 14.7. The van der Waals surface area contributed by atoms with Crippen LogP contribution in [-0.2, 0) is 6.42 Å². The van der Waals surface area contributed by atoms with E-state index in [0.29, 0.717) is 0 Å². The van der Waals surface area contributed by atoms with Crippen LogP contribution in [0, 0.1) is 20.8 Å². The number of rotatable bonds is 4. The number of hydrogen-bond acceptors (Lipinski definition) is 1. The highest BCUT2D eigenvalue weighted by Crippen LogP contribution is 2.28. The van der Waals surface area contributed by atoms with Crippen molar-refractivity contribution in [2.24, 2.45) is 0 Å². The summed E-state index contributed by atoms with van der Waals surface area (Å²) in [7, 11) is 1.99. The highest BCUT2D eigenvalue weighted by atomic mass is 35.5. The van der Waals surface area contributed by atoms with Crippen molar-refractivity contribution < 1.29 is 0 Å². The molecule has 2 aromatic carbocycles. The predicted octanol–water partition coefficient (Wildman–Crippen LogP) is 4.77. The molecule has 0 saturated carbocycles. The lowest BCUT2D eigenvalue weighted by Gasteiger charge is -2.20. The van der Waals surface area contributed by atoms with Crippen molar-refractivity contribution in [2.75, 3.05) is 7.05 Å². The van der Waals surface area contributed by atoms with E-state index in [1.165, 1.54) is 27.8 Å². The molecule has 0 amide bonds. The van der Waals surface area contributed by atoms with Gasteiger partial charge in [-0.25, -0.2) is 0 Å². The van der Waals surface area contributed by atoms with Gasteiger partial charge in [0.1, 0.15) is 0 Å². The first-order valence-corrected chi connectivity index (χ1v) is 7.38. The fourth-order valence-corrected chi connectivity index (χ4v) is 2.75. The summed E-state index contributed by atoms with van der Waals surface area (Å²) < 4.78 is 0. The number of nitrogens with one attached hydrogen (secondary N) is 1. The number of halogens is 1. The Hall–Kier alpha value is -1.31. The van der Waals surface area contributed by atoms with E-state index in [9.17, 15) is 0 Å². The van der Waals surface area contributed by atoms with Crippen LogP contribution in [0.5, 0.6) is 0 Å². The topological polar surface area (TPSA) is 12.0 Å². The molecule has 106 valence electrons. The third kappa shape index (κ3) is 3.41. The lowest BCUT2D eigenvalue weighted by molar-refractivity contribution is 0.591. The fraction of sp³-hybridized carbons (Fsp3) is 0.333. The van der Waals surface area contributed by atoms with Crippen molar-refractivity contribution in [3.8, 4) is 0 Å². The molecule has 0 aromatic heterocycles. The van der Waals surface area contributed by atoms with Gasteiger partial charge in [0, 0.05) is 11.1 Å². The second kappa shape index (κ2) is 6.43.